The van der Waals surface area contributed by atoms with Crippen LogP contribution in [0.15, 0.2) is 60.8 Å². The first-order chi connectivity index (χ1) is 18.8. The van der Waals surface area contributed by atoms with E-state index < -0.39 is 17.4 Å². The average Bonchev–Trinajstić information content (AvgIpc) is 3.40. The van der Waals surface area contributed by atoms with Gasteiger partial charge in [0.1, 0.15) is 17.1 Å². The normalized spacial score (nSPS) is 21.5. The van der Waals surface area contributed by atoms with Gasteiger partial charge in [0.25, 0.3) is 0 Å². The molecule has 10 heteroatoms. The van der Waals surface area contributed by atoms with E-state index in [0.29, 0.717) is 43.4 Å². The van der Waals surface area contributed by atoms with E-state index in [0.717, 1.165) is 11.3 Å². The lowest BCUT2D eigenvalue weighted by Crippen LogP contribution is -2.62. The molecule has 2 atom stereocenters. The van der Waals surface area contributed by atoms with Gasteiger partial charge < -0.3 is 15.0 Å². The van der Waals surface area contributed by atoms with Crippen LogP contribution in [0, 0.1) is 18.7 Å². The topological polar surface area (TPSA) is 87.7 Å². The highest BCUT2D eigenvalue weighted by molar-refractivity contribution is 6.30. The van der Waals surface area contributed by atoms with Crippen molar-refractivity contribution in [3.05, 3.63) is 82.9 Å². The van der Waals surface area contributed by atoms with Crippen molar-refractivity contribution >= 4 is 29.4 Å². The number of ketones is 1. The average molecular weight is 552 g/mol. The van der Waals surface area contributed by atoms with Crippen LogP contribution in [-0.2, 0) is 4.79 Å². The molecule has 0 spiro atoms. The second-order valence-electron chi connectivity index (χ2n) is 10.2. The van der Waals surface area contributed by atoms with E-state index in [1.807, 2.05) is 25.1 Å². The third-order valence-electron chi connectivity index (χ3n) is 7.84. The minimum absolute atomic E-state index is 0.00387. The van der Waals surface area contributed by atoms with E-state index in [4.69, 9.17) is 16.3 Å². The van der Waals surface area contributed by atoms with Crippen molar-refractivity contribution in [3.8, 4) is 5.75 Å². The summed E-state index contributed by atoms with van der Waals surface area (Å²) in [6, 6.07) is 14.5. The third-order valence-corrected chi connectivity index (χ3v) is 8.09. The lowest BCUT2D eigenvalue weighted by molar-refractivity contribution is -0.134. The third kappa shape index (κ3) is 5.46. The molecule has 0 bridgehead atoms. The molecule has 2 saturated heterocycles. The number of hydrogen-bond acceptors (Lipinski definition) is 7. The number of hydrogen-bond donors (Lipinski definition) is 1. The zero-order chi connectivity index (χ0) is 27.6. The van der Waals surface area contributed by atoms with Crippen molar-refractivity contribution in [1.82, 2.24) is 20.2 Å². The molecule has 0 aliphatic carbocycles. The van der Waals surface area contributed by atoms with Crippen LogP contribution in [0.25, 0.3) is 0 Å². The van der Waals surface area contributed by atoms with Crippen LogP contribution in [0.3, 0.4) is 0 Å². The van der Waals surface area contributed by atoms with Crippen molar-refractivity contribution in [2.24, 2.45) is 5.92 Å². The number of aromatic nitrogens is 2. The second kappa shape index (κ2) is 11.3. The lowest BCUT2D eigenvalue weighted by atomic mass is 9.72. The van der Waals surface area contributed by atoms with E-state index in [1.54, 1.807) is 25.4 Å². The van der Waals surface area contributed by atoms with Crippen molar-refractivity contribution < 1.29 is 18.7 Å². The number of likely N-dealkylation sites (N-methyl/N-ethyl adjacent to an activating group) is 1. The number of carbonyl (C=O) groups is 2. The van der Waals surface area contributed by atoms with Crippen LogP contribution >= 0.6 is 11.6 Å². The van der Waals surface area contributed by atoms with Gasteiger partial charge in [0.05, 0.1) is 0 Å². The predicted molar refractivity (Wildman–Crippen MR) is 147 cm³/mol. The van der Waals surface area contributed by atoms with Crippen LogP contribution < -0.4 is 15.0 Å². The molecule has 0 unspecified atom stereocenters. The molecule has 3 heterocycles. The number of anilines is 1. The van der Waals surface area contributed by atoms with Crippen molar-refractivity contribution in [1.29, 1.82) is 0 Å². The molecule has 1 amide bonds. The fourth-order valence-corrected chi connectivity index (χ4v) is 5.81. The highest BCUT2D eigenvalue weighted by Crippen LogP contribution is 2.41. The number of benzene rings is 2. The standard InChI is InChI=1S/C29H31ClFN5O3/c1-19-11-14-33-27(34-19)36-15-12-21(13-16-36)26(37)29(18-32-17-25(29)20-3-5-22(30)6-4-20)35(2)28(38)39-24-9-7-23(31)8-10-24/h3-11,14,21,25,32H,12-13,15-18H2,1-2H3/t25-,29+/m0/s1. The summed E-state index contributed by atoms with van der Waals surface area (Å²) in [5, 5.41) is 3.95. The van der Waals surface area contributed by atoms with Gasteiger partial charge in [-0.25, -0.2) is 19.2 Å². The maximum absolute atomic E-state index is 14.5. The zero-order valence-corrected chi connectivity index (χ0v) is 22.7. The Kier molecular flexibility index (Phi) is 7.81. The maximum atomic E-state index is 14.5. The molecule has 2 aliphatic rings. The number of rotatable bonds is 6. The SMILES string of the molecule is Cc1ccnc(N2CCC(C(=O)[C@@]3(N(C)C(=O)Oc4ccc(F)cc4)CNC[C@H]3c3ccc(Cl)cc3)CC2)n1. The quantitative estimate of drug-likeness (QED) is 0.478. The van der Waals surface area contributed by atoms with Gasteiger partial charge in [-0.3, -0.25) is 9.69 Å². The minimum atomic E-state index is -1.18. The van der Waals surface area contributed by atoms with E-state index in [9.17, 15) is 14.0 Å². The minimum Gasteiger partial charge on any atom is -0.410 e. The molecule has 5 rings (SSSR count). The Morgan fingerprint density at radius 1 is 1.10 bits per heavy atom. The first kappa shape index (κ1) is 27.0. The van der Waals surface area contributed by atoms with Crippen molar-refractivity contribution in [2.45, 2.75) is 31.2 Å². The number of halogens is 2. The smallest absolute Gasteiger partial charge is 0.410 e. The number of amides is 1. The molecule has 204 valence electrons. The van der Waals surface area contributed by atoms with E-state index in [1.165, 1.54) is 29.2 Å². The fraction of sp³-hybridized carbons (Fsp3) is 0.379. The number of aryl methyl sites for hydroxylation is 1. The summed E-state index contributed by atoms with van der Waals surface area (Å²) in [5.41, 5.74) is 0.614. The van der Waals surface area contributed by atoms with Gasteiger partial charge in [0, 0.05) is 62.0 Å². The first-order valence-corrected chi connectivity index (χ1v) is 13.4. The molecular formula is C29H31ClFN5O3. The fourth-order valence-electron chi connectivity index (χ4n) is 5.68. The molecule has 2 aliphatic heterocycles. The largest absolute Gasteiger partial charge is 0.415 e. The predicted octanol–water partition coefficient (Wildman–Crippen LogP) is 4.62. The van der Waals surface area contributed by atoms with E-state index >= 15 is 0 Å². The lowest BCUT2D eigenvalue weighted by Gasteiger charge is -2.44. The van der Waals surface area contributed by atoms with Gasteiger partial charge in [-0.1, -0.05) is 23.7 Å². The Bertz CT molecular complexity index is 1330. The summed E-state index contributed by atoms with van der Waals surface area (Å²) in [6.45, 7) is 4.00. The molecule has 1 aromatic heterocycles. The summed E-state index contributed by atoms with van der Waals surface area (Å²) in [4.78, 5) is 40.4. The van der Waals surface area contributed by atoms with E-state index in [2.05, 4.69) is 20.2 Å². The Morgan fingerprint density at radius 3 is 2.46 bits per heavy atom. The maximum Gasteiger partial charge on any atom is 0.415 e. The monoisotopic (exact) mass is 551 g/mol. The van der Waals surface area contributed by atoms with Crippen molar-refractivity contribution in [2.75, 3.05) is 38.1 Å². The summed E-state index contributed by atoms with van der Waals surface area (Å²) in [7, 11) is 1.61. The highest BCUT2D eigenvalue weighted by Gasteiger charge is 2.56. The number of Topliss-reactive ketones (excluding diaryl/α,β-unsaturated/α-hetero) is 1. The number of piperidine rings is 1. The number of nitrogens with zero attached hydrogens (tertiary/aromatic N) is 4. The Morgan fingerprint density at radius 2 is 1.79 bits per heavy atom. The number of ether oxygens (including phenoxy) is 1. The first-order valence-electron chi connectivity index (χ1n) is 13.0. The molecule has 0 radical (unpaired) electrons. The van der Waals surface area contributed by atoms with Gasteiger partial charge in [0.15, 0.2) is 5.78 Å². The summed E-state index contributed by atoms with van der Waals surface area (Å²) in [6.07, 6.45) is 2.30. The van der Waals surface area contributed by atoms with Crippen molar-refractivity contribution in [3.63, 3.8) is 0 Å². The Hall–Kier alpha value is -3.56. The van der Waals surface area contributed by atoms with Gasteiger partial charge in [-0.05, 0) is 67.8 Å². The number of nitrogens with one attached hydrogen (secondary N) is 1. The molecule has 3 aromatic rings. The van der Waals surface area contributed by atoms with Gasteiger partial charge in [0.2, 0.25) is 5.95 Å². The van der Waals surface area contributed by atoms with Gasteiger partial charge in [-0.15, -0.1) is 0 Å². The molecule has 8 nitrogen and oxygen atoms in total. The molecule has 0 saturated carbocycles. The summed E-state index contributed by atoms with van der Waals surface area (Å²) >= 11 is 6.15. The van der Waals surface area contributed by atoms with Gasteiger partial charge in [-0.2, -0.15) is 0 Å². The summed E-state index contributed by atoms with van der Waals surface area (Å²) < 4.78 is 19.0. The zero-order valence-electron chi connectivity index (χ0n) is 21.9. The number of carbonyl (C=O) groups excluding carboxylic acids is 2. The Labute approximate surface area is 232 Å². The van der Waals surface area contributed by atoms with Gasteiger partial charge >= 0.3 is 6.09 Å². The summed E-state index contributed by atoms with van der Waals surface area (Å²) in [5.74, 6) is -0.141. The second-order valence-corrected chi connectivity index (χ2v) is 10.6. The van der Waals surface area contributed by atoms with Crippen LogP contribution in [0.5, 0.6) is 5.75 Å². The van der Waals surface area contributed by atoms with Crippen LogP contribution in [0.2, 0.25) is 5.02 Å². The Balaban J connectivity index is 1.42. The highest BCUT2D eigenvalue weighted by atomic mass is 35.5. The van der Waals surface area contributed by atoms with Crippen LogP contribution in [0.4, 0.5) is 15.1 Å². The van der Waals surface area contributed by atoms with Crippen LogP contribution in [-0.4, -0.2) is 65.5 Å². The van der Waals surface area contributed by atoms with Crippen LogP contribution in [0.1, 0.15) is 30.0 Å². The molecule has 2 aromatic carbocycles. The molecule has 2 fully saturated rings. The molecule has 1 N–H and O–H groups in total. The molecule has 39 heavy (non-hydrogen) atoms. The van der Waals surface area contributed by atoms with E-state index in [-0.39, 0.29) is 29.9 Å². The molecular weight excluding hydrogens is 521 g/mol.